The standard InChI is InChI=1S/C25H27N3O4/c1-3-30-24-17-20(18-26-28-25(29)27-21-10-5-4-6-11-21)13-14-23(24)32-16-15-31-22-12-8-7-9-19(22)2/h4-14,17-18H,3,15-16H2,1-2H3,(H2,27,28,29)/b26-18+. The second-order valence-electron chi connectivity index (χ2n) is 6.79. The molecule has 2 amide bonds. The van der Waals surface area contributed by atoms with E-state index in [4.69, 9.17) is 14.2 Å². The fourth-order valence-corrected chi connectivity index (χ4v) is 2.86. The maximum atomic E-state index is 11.9. The average molecular weight is 434 g/mol. The highest BCUT2D eigenvalue weighted by Gasteiger charge is 2.07. The van der Waals surface area contributed by atoms with Crippen LogP contribution in [0.2, 0.25) is 0 Å². The SMILES string of the molecule is CCOc1cc(/C=N/NC(=O)Nc2ccccc2)ccc1OCCOc1ccccc1C. The molecule has 7 nitrogen and oxygen atoms in total. The molecule has 0 aliphatic heterocycles. The van der Waals surface area contributed by atoms with Crippen LogP contribution in [0, 0.1) is 6.92 Å². The molecule has 0 saturated heterocycles. The molecule has 0 unspecified atom stereocenters. The lowest BCUT2D eigenvalue weighted by Gasteiger charge is -2.13. The van der Waals surface area contributed by atoms with Crippen LogP contribution < -0.4 is 25.0 Å². The van der Waals surface area contributed by atoms with Crippen LogP contribution in [0.4, 0.5) is 10.5 Å². The molecule has 0 aromatic heterocycles. The lowest BCUT2D eigenvalue weighted by Crippen LogP contribution is -2.24. The molecule has 3 aromatic rings. The van der Waals surface area contributed by atoms with Crippen LogP contribution in [-0.4, -0.2) is 32.1 Å². The third kappa shape index (κ3) is 7.05. The van der Waals surface area contributed by atoms with E-state index in [2.05, 4.69) is 15.8 Å². The molecule has 2 N–H and O–H groups in total. The summed E-state index contributed by atoms with van der Waals surface area (Å²) < 4.78 is 17.3. The number of para-hydroxylation sites is 2. The van der Waals surface area contributed by atoms with Crippen molar-refractivity contribution in [2.24, 2.45) is 5.10 Å². The Bertz CT molecular complexity index is 1040. The first kappa shape index (κ1) is 22.7. The lowest BCUT2D eigenvalue weighted by molar-refractivity contribution is 0.207. The number of ether oxygens (including phenoxy) is 3. The summed E-state index contributed by atoms with van der Waals surface area (Å²) in [7, 11) is 0. The highest BCUT2D eigenvalue weighted by molar-refractivity contribution is 5.90. The number of hydrazone groups is 1. The van der Waals surface area contributed by atoms with Crippen molar-refractivity contribution < 1.29 is 19.0 Å². The van der Waals surface area contributed by atoms with Gasteiger partial charge < -0.3 is 19.5 Å². The Morgan fingerprint density at radius 1 is 0.875 bits per heavy atom. The van der Waals surface area contributed by atoms with E-state index < -0.39 is 6.03 Å². The molecule has 0 radical (unpaired) electrons. The summed E-state index contributed by atoms with van der Waals surface area (Å²) in [4.78, 5) is 11.9. The fraction of sp³-hybridized carbons (Fsp3) is 0.200. The molecular weight excluding hydrogens is 406 g/mol. The van der Waals surface area contributed by atoms with Gasteiger partial charge in [0.25, 0.3) is 0 Å². The van der Waals surface area contributed by atoms with Gasteiger partial charge in [0.1, 0.15) is 19.0 Å². The number of hydrogen-bond donors (Lipinski definition) is 2. The van der Waals surface area contributed by atoms with E-state index in [-0.39, 0.29) is 0 Å². The molecule has 3 rings (SSSR count). The number of nitrogens with one attached hydrogen (secondary N) is 2. The molecule has 0 spiro atoms. The summed E-state index contributed by atoms with van der Waals surface area (Å²) in [5, 5.41) is 6.67. The highest BCUT2D eigenvalue weighted by atomic mass is 16.5. The number of urea groups is 1. The minimum atomic E-state index is -0.425. The van der Waals surface area contributed by atoms with Gasteiger partial charge in [-0.3, -0.25) is 0 Å². The van der Waals surface area contributed by atoms with Gasteiger partial charge in [-0.1, -0.05) is 36.4 Å². The number of nitrogens with zero attached hydrogens (tertiary/aromatic N) is 1. The van der Waals surface area contributed by atoms with Crippen LogP contribution in [0.5, 0.6) is 17.2 Å². The van der Waals surface area contributed by atoms with E-state index >= 15 is 0 Å². The van der Waals surface area contributed by atoms with Crippen LogP contribution in [0.15, 0.2) is 77.9 Å². The van der Waals surface area contributed by atoms with Gasteiger partial charge in [0.05, 0.1) is 12.8 Å². The van der Waals surface area contributed by atoms with Gasteiger partial charge in [-0.25, -0.2) is 10.2 Å². The fourth-order valence-electron chi connectivity index (χ4n) is 2.86. The highest BCUT2D eigenvalue weighted by Crippen LogP contribution is 2.28. The monoisotopic (exact) mass is 433 g/mol. The van der Waals surface area contributed by atoms with E-state index in [1.807, 2.05) is 68.4 Å². The number of hydrogen-bond acceptors (Lipinski definition) is 5. The normalized spacial score (nSPS) is 10.6. The van der Waals surface area contributed by atoms with Crippen molar-refractivity contribution in [3.63, 3.8) is 0 Å². The first-order valence-corrected chi connectivity index (χ1v) is 10.4. The Hall–Kier alpha value is -4.00. The van der Waals surface area contributed by atoms with Gasteiger partial charge in [0.2, 0.25) is 0 Å². The van der Waals surface area contributed by atoms with Crippen molar-refractivity contribution >= 4 is 17.9 Å². The second-order valence-corrected chi connectivity index (χ2v) is 6.79. The van der Waals surface area contributed by atoms with Gasteiger partial charge in [-0.15, -0.1) is 0 Å². The zero-order valence-electron chi connectivity index (χ0n) is 18.2. The molecule has 0 atom stereocenters. The zero-order chi connectivity index (χ0) is 22.6. The van der Waals surface area contributed by atoms with Gasteiger partial charge >= 0.3 is 6.03 Å². The van der Waals surface area contributed by atoms with Gasteiger partial charge in [-0.2, -0.15) is 5.10 Å². The maximum Gasteiger partial charge on any atom is 0.339 e. The van der Waals surface area contributed by atoms with Crippen LogP contribution in [-0.2, 0) is 0 Å². The first-order valence-electron chi connectivity index (χ1n) is 10.4. The topological polar surface area (TPSA) is 81.2 Å². The van der Waals surface area contributed by atoms with E-state index in [0.29, 0.717) is 37.0 Å². The summed E-state index contributed by atoms with van der Waals surface area (Å²) in [5.74, 6) is 2.06. The van der Waals surface area contributed by atoms with Gasteiger partial charge in [0.15, 0.2) is 11.5 Å². The number of anilines is 1. The Kier molecular flexibility index (Phi) is 8.50. The summed E-state index contributed by atoms with van der Waals surface area (Å²) in [6.07, 6.45) is 1.54. The number of amides is 2. The Morgan fingerprint density at radius 3 is 2.34 bits per heavy atom. The molecule has 166 valence electrons. The average Bonchev–Trinajstić information content (AvgIpc) is 2.80. The third-order valence-corrected chi connectivity index (χ3v) is 4.37. The smallest absolute Gasteiger partial charge is 0.339 e. The Balaban J connectivity index is 1.52. The Morgan fingerprint density at radius 2 is 1.59 bits per heavy atom. The molecule has 0 bridgehead atoms. The predicted molar refractivity (Wildman–Crippen MR) is 126 cm³/mol. The van der Waals surface area contributed by atoms with Crippen molar-refractivity contribution in [1.29, 1.82) is 0 Å². The number of benzene rings is 3. The van der Waals surface area contributed by atoms with Crippen LogP contribution in [0.25, 0.3) is 0 Å². The van der Waals surface area contributed by atoms with Crippen LogP contribution in [0.3, 0.4) is 0 Å². The van der Waals surface area contributed by atoms with Crippen molar-refractivity contribution in [2.45, 2.75) is 13.8 Å². The number of rotatable bonds is 10. The summed E-state index contributed by atoms with van der Waals surface area (Å²) in [6.45, 7) is 5.20. The lowest BCUT2D eigenvalue weighted by atomic mass is 10.2. The summed E-state index contributed by atoms with van der Waals surface area (Å²) >= 11 is 0. The minimum absolute atomic E-state index is 0.378. The molecule has 0 aliphatic carbocycles. The second kappa shape index (κ2) is 12.0. The molecule has 0 fully saturated rings. The van der Waals surface area contributed by atoms with Gasteiger partial charge in [0, 0.05) is 5.69 Å². The molecule has 0 aliphatic rings. The third-order valence-electron chi connectivity index (χ3n) is 4.37. The summed E-state index contributed by atoms with van der Waals surface area (Å²) in [5.41, 5.74) is 4.97. The number of aryl methyl sites for hydroxylation is 1. The predicted octanol–water partition coefficient (Wildman–Crippen LogP) is 5.01. The van der Waals surface area contributed by atoms with E-state index in [9.17, 15) is 4.79 Å². The molecule has 3 aromatic carbocycles. The molecular formula is C25H27N3O4. The zero-order valence-corrected chi connectivity index (χ0v) is 18.2. The van der Waals surface area contributed by atoms with E-state index in [1.165, 1.54) is 6.21 Å². The number of carbonyl (C=O) groups is 1. The van der Waals surface area contributed by atoms with Crippen LogP contribution >= 0.6 is 0 Å². The van der Waals surface area contributed by atoms with E-state index in [0.717, 1.165) is 16.9 Å². The summed E-state index contributed by atoms with van der Waals surface area (Å²) in [6, 6.07) is 22.0. The van der Waals surface area contributed by atoms with Crippen molar-refractivity contribution in [3.8, 4) is 17.2 Å². The maximum absolute atomic E-state index is 11.9. The van der Waals surface area contributed by atoms with Crippen molar-refractivity contribution in [3.05, 3.63) is 83.9 Å². The van der Waals surface area contributed by atoms with E-state index in [1.54, 1.807) is 18.2 Å². The Labute approximate surface area is 188 Å². The molecule has 0 heterocycles. The van der Waals surface area contributed by atoms with Crippen molar-refractivity contribution in [1.82, 2.24) is 5.43 Å². The molecule has 32 heavy (non-hydrogen) atoms. The van der Waals surface area contributed by atoms with Crippen molar-refractivity contribution in [2.75, 3.05) is 25.1 Å². The van der Waals surface area contributed by atoms with Gasteiger partial charge in [-0.05, 0) is 61.4 Å². The first-order chi connectivity index (χ1) is 15.7. The molecule has 0 saturated carbocycles. The largest absolute Gasteiger partial charge is 0.490 e. The minimum Gasteiger partial charge on any atom is -0.490 e. The number of carbonyl (C=O) groups excluding carboxylic acids is 1. The molecule has 7 heteroatoms. The van der Waals surface area contributed by atoms with Crippen LogP contribution in [0.1, 0.15) is 18.1 Å². The quantitative estimate of drug-likeness (QED) is 0.268.